The first-order chi connectivity index (χ1) is 9.22. The SMILES string of the molecule is Cc1nnc([C@]23CC[C@H]2CCN3C(=O)C2CCC2)o1. The summed E-state index contributed by atoms with van der Waals surface area (Å²) in [6.07, 6.45) is 6.55. The fourth-order valence-corrected chi connectivity index (χ4v) is 3.90. The fraction of sp³-hybridized carbons (Fsp3) is 0.786. The number of hydrogen-bond donors (Lipinski definition) is 0. The zero-order valence-corrected chi connectivity index (χ0v) is 11.3. The Bertz CT molecular complexity index is 523. The number of nitrogens with zero attached hydrogens (tertiary/aromatic N) is 3. The molecule has 0 N–H and O–H groups in total. The number of amides is 1. The Morgan fingerprint density at radius 1 is 1.32 bits per heavy atom. The predicted octanol–water partition coefficient (Wildman–Crippen LogP) is 2.02. The molecule has 1 amide bonds. The molecule has 0 spiro atoms. The van der Waals surface area contributed by atoms with Crippen LogP contribution in [-0.4, -0.2) is 27.5 Å². The lowest BCUT2D eigenvalue weighted by Crippen LogP contribution is -2.55. The lowest BCUT2D eigenvalue weighted by molar-refractivity contribution is -0.149. The van der Waals surface area contributed by atoms with E-state index in [1.54, 1.807) is 0 Å². The molecule has 1 aromatic heterocycles. The average Bonchev–Trinajstić information content (AvgIpc) is 2.80. The van der Waals surface area contributed by atoms with E-state index in [0.717, 1.165) is 32.2 Å². The molecule has 0 unspecified atom stereocenters. The molecule has 5 nitrogen and oxygen atoms in total. The lowest BCUT2D eigenvalue weighted by atomic mass is 9.66. The van der Waals surface area contributed by atoms with E-state index in [2.05, 4.69) is 15.1 Å². The van der Waals surface area contributed by atoms with Gasteiger partial charge >= 0.3 is 0 Å². The molecule has 1 aliphatic heterocycles. The summed E-state index contributed by atoms with van der Waals surface area (Å²) in [5.74, 6) is 2.37. The molecule has 2 saturated carbocycles. The molecule has 2 atom stereocenters. The Labute approximate surface area is 112 Å². The first-order valence-corrected chi connectivity index (χ1v) is 7.34. The van der Waals surface area contributed by atoms with Crippen molar-refractivity contribution in [1.82, 2.24) is 15.1 Å². The highest BCUT2D eigenvalue weighted by atomic mass is 16.4. The fourth-order valence-electron chi connectivity index (χ4n) is 3.90. The van der Waals surface area contributed by atoms with Crippen LogP contribution in [0.1, 0.15) is 50.3 Å². The largest absolute Gasteiger partial charge is 0.423 e. The molecule has 0 aromatic carbocycles. The van der Waals surface area contributed by atoms with Crippen molar-refractivity contribution in [2.45, 2.75) is 51.0 Å². The normalized spacial score (nSPS) is 33.7. The number of hydrogen-bond acceptors (Lipinski definition) is 4. The van der Waals surface area contributed by atoms with Gasteiger partial charge in [0.25, 0.3) is 0 Å². The van der Waals surface area contributed by atoms with Crippen molar-refractivity contribution in [3.63, 3.8) is 0 Å². The quantitative estimate of drug-likeness (QED) is 0.817. The summed E-state index contributed by atoms with van der Waals surface area (Å²) in [5, 5.41) is 8.19. The zero-order chi connectivity index (χ0) is 13.0. The summed E-state index contributed by atoms with van der Waals surface area (Å²) in [4.78, 5) is 14.7. The van der Waals surface area contributed by atoms with E-state index in [1.165, 1.54) is 12.8 Å². The van der Waals surface area contributed by atoms with Gasteiger partial charge in [-0.1, -0.05) is 6.42 Å². The van der Waals surface area contributed by atoms with Gasteiger partial charge in [0.15, 0.2) is 0 Å². The highest BCUT2D eigenvalue weighted by Crippen LogP contribution is 2.57. The Hall–Kier alpha value is -1.39. The summed E-state index contributed by atoms with van der Waals surface area (Å²) in [5.41, 5.74) is -0.256. The molecule has 1 aromatic rings. The van der Waals surface area contributed by atoms with Gasteiger partial charge < -0.3 is 9.32 Å². The third kappa shape index (κ3) is 1.38. The number of aryl methyl sites for hydroxylation is 1. The Morgan fingerprint density at radius 3 is 2.68 bits per heavy atom. The van der Waals surface area contributed by atoms with Crippen LogP contribution in [0.4, 0.5) is 0 Å². The molecule has 5 heteroatoms. The van der Waals surface area contributed by atoms with Gasteiger partial charge in [-0.05, 0) is 38.0 Å². The van der Waals surface area contributed by atoms with Crippen molar-refractivity contribution in [2.75, 3.05) is 6.54 Å². The van der Waals surface area contributed by atoms with E-state index in [9.17, 15) is 4.79 Å². The van der Waals surface area contributed by atoms with Gasteiger partial charge in [-0.15, -0.1) is 10.2 Å². The summed E-state index contributed by atoms with van der Waals surface area (Å²) in [7, 11) is 0. The molecule has 19 heavy (non-hydrogen) atoms. The molecule has 2 heterocycles. The minimum Gasteiger partial charge on any atom is -0.423 e. The van der Waals surface area contributed by atoms with Crippen molar-refractivity contribution >= 4 is 5.91 Å². The molecule has 0 radical (unpaired) electrons. The van der Waals surface area contributed by atoms with Crippen molar-refractivity contribution in [3.05, 3.63) is 11.8 Å². The van der Waals surface area contributed by atoms with Crippen LogP contribution in [0.2, 0.25) is 0 Å². The van der Waals surface area contributed by atoms with Crippen LogP contribution in [-0.2, 0) is 10.3 Å². The van der Waals surface area contributed by atoms with E-state index in [0.29, 0.717) is 23.6 Å². The van der Waals surface area contributed by atoms with Gasteiger partial charge in [0, 0.05) is 19.4 Å². The summed E-state index contributed by atoms with van der Waals surface area (Å²) >= 11 is 0. The van der Waals surface area contributed by atoms with Crippen LogP contribution in [0, 0.1) is 18.8 Å². The van der Waals surface area contributed by atoms with Crippen molar-refractivity contribution in [3.8, 4) is 0 Å². The van der Waals surface area contributed by atoms with E-state index in [-0.39, 0.29) is 11.5 Å². The predicted molar refractivity (Wildman–Crippen MR) is 67.1 cm³/mol. The monoisotopic (exact) mass is 261 g/mol. The summed E-state index contributed by atoms with van der Waals surface area (Å²) < 4.78 is 5.69. The van der Waals surface area contributed by atoms with Crippen LogP contribution in [0.15, 0.2) is 4.42 Å². The second-order valence-corrected chi connectivity index (χ2v) is 6.19. The number of carbonyl (C=O) groups excluding carboxylic acids is 1. The average molecular weight is 261 g/mol. The third-order valence-corrected chi connectivity index (χ3v) is 5.35. The maximum absolute atomic E-state index is 12.6. The molecular formula is C14H19N3O2. The molecule has 0 bridgehead atoms. The molecule has 102 valence electrons. The Morgan fingerprint density at radius 2 is 2.16 bits per heavy atom. The second kappa shape index (κ2) is 3.81. The first-order valence-electron chi connectivity index (χ1n) is 7.34. The van der Waals surface area contributed by atoms with Crippen LogP contribution in [0.3, 0.4) is 0 Å². The molecular weight excluding hydrogens is 242 g/mol. The maximum Gasteiger partial charge on any atom is 0.242 e. The highest BCUT2D eigenvalue weighted by molar-refractivity contribution is 5.81. The lowest BCUT2D eigenvalue weighted by Gasteiger charge is -2.48. The van der Waals surface area contributed by atoms with Gasteiger partial charge in [0.05, 0.1) is 0 Å². The highest BCUT2D eigenvalue weighted by Gasteiger charge is 2.61. The van der Waals surface area contributed by atoms with Crippen molar-refractivity contribution in [1.29, 1.82) is 0 Å². The number of likely N-dealkylation sites (tertiary alicyclic amines) is 1. The number of fused-ring (bicyclic) bond motifs is 1. The van der Waals surface area contributed by atoms with Gasteiger partial charge in [-0.3, -0.25) is 4.79 Å². The minimum absolute atomic E-state index is 0.250. The van der Waals surface area contributed by atoms with Crippen molar-refractivity contribution in [2.24, 2.45) is 11.8 Å². The van der Waals surface area contributed by atoms with Gasteiger partial charge in [-0.25, -0.2) is 0 Å². The van der Waals surface area contributed by atoms with E-state index >= 15 is 0 Å². The maximum atomic E-state index is 12.6. The molecule has 1 saturated heterocycles. The van der Waals surface area contributed by atoms with Crippen LogP contribution >= 0.6 is 0 Å². The Kier molecular flexibility index (Phi) is 2.29. The second-order valence-electron chi connectivity index (χ2n) is 6.19. The smallest absolute Gasteiger partial charge is 0.242 e. The summed E-state index contributed by atoms with van der Waals surface area (Å²) in [6, 6.07) is 0. The topological polar surface area (TPSA) is 59.2 Å². The van der Waals surface area contributed by atoms with Gasteiger partial charge in [0.2, 0.25) is 17.7 Å². The van der Waals surface area contributed by atoms with Crippen LogP contribution in [0.25, 0.3) is 0 Å². The van der Waals surface area contributed by atoms with Crippen LogP contribution < -0.4 is 0 Å². The van der Waals surface area contributed by atoms with Gasteiger partial charge in [0.1, 0.15) is 5.54 Å². The number of rotatable bonds is 2. The van der Waals surface area contributed by atoms with E-state index in [4.69, 9.17) is 4.42 Å². The molecule has 3 fully saturated rings. The Balaban J connectivity index is 1.69. The molecule has 4 rings (SSSR count). The van der Waals surface area contributed by atoms with Crippen LogP contribution in [0.5, 0.6) is 0 Å². The van der Waals surface area contributed by atoms with Crippen molar-refractivity contribution < 1.29 is 9.21 Å². The number of aromatic nitrogens is 2. The van der Waals surface area contributed by atoms with E-state index < -0.39 is 0 Å². The van der Waals surface area contributed by atoms with E-state index in [1.807, 2.05) is 6.92 Å². The summed E-state index contributed by atoms with van der Waals surface area (Å²) in [6.45, 7) is 2.68. The standard InChI is InChI=1S/C14H19N3O2/c1-9-15-16-13(19-9)14-7-5-11(14)6-8-17(14)12(18)10-3-2-4-10/h10-11H,2-8H2,1H3/t11-,14-/m0/s1. The zero-order valence-electron chi connectivity index (χ0n) is 11.3. The van der Waals surface area contributed by atoms with Gasteiger partial charge in [-0.2, -0.15) is 0 Å². The third-order valence-electron chi connectivity index (χ3n) is 5.35. The minimum atomic E-state index is -0.256. The molecule has 2 aliphatic carbocycles. The molecule has 3 aliphatic rings. The first kappa shape index (κ1) is 11.4. The number of carbonyl (C=O) groups is 1.